The van der Waals surface area contributed by atoms with Crippen LogP contribution in [0.4, 0.5) is 39.5 Å². The Morgan fingerprint density at radius 3 is 1.71 bits per heavy atom. The second kappa shape index (κ2) is 6.56. The highest BCUT2D eigenvalue weighted by Crippen LogP contribution is 2.53. The predicted octanol–water partition coefficient (Wildman–Crippen LogP) is 4.21. The summed E-state index contributed by atoms with van der Waals surface area (Å²) < 4.78 is 115. The molecule has 0 amide bonds. The first-order valence-corrected chi connectivity index (χ1v) is 4.70. The normalized spacial score (nSPS) is 13.4. The summed E-state index contributed by atoms with van der Waals surface area (Å²) in [5.41, 5.74) is 0. The van der Waals surface area contributed by atoms with Crippen LogP contribution in [-0.4, -0.2) is 36.5 Å². The van der Waals surface area contributed by atoms with Gasteiger partial charge in [-0.3, -0.25) is 0 Å². The van der Waals surface area contributed by atoms with E-state index in [-0.39, 0.29) is 7.43 Å². The van der Waals surface area contributed by atoms with E-state index < -0.39 is 42.9 Å². The molecule has 0 spiro atoms. The van der Waals surface area contributed by atoms with E-state index in [0.29, 0.717) is 6.08 Å². The summed E-state index contributed by atoms with van der Waals surface area (Å²) in [5, 5.41) is 0. The van der Waals surface area contributed by atoms with Gasteiger partial charge in [0, 0.05) is 6.08 Å². The number of carbonyl (C=O) groups excluding carboxylic acids is 1. The first-order chi connectivity index (χ1) is 8.70. The van der Waals surface area contributed by atoms with Crippen molar-refractivity contribution in [3.8, 4) is 0 Å². The molecule has 0 aromatic carbocycles. The third-order valence-corrected chi connectivity index (χ3v) is 2.04. The molecule has 0 saturated heterocycles. The lowest BCUT2D eigenvalue weighted by atomic mass is 10.0. The first-order valence-electron chi connectivity index (χ1n) is 4.70. The van der Waals surface area contributed by atoms with Gasteiger partial charge >= 0.3 is 29.9 Å². The molecule has 11 heteroatoms. The molecule has 126 valence electrons. The molecule has 21 heavy (non-hydrogen) atoms. The molecule has 0 rings (SSSR count). The van der Waals surface area contributed by atoms with Crippen molar-refractivity contribution in [1.29, 1.82) is 0 Å². The largest absolute Gasteiger partial charge is 0.462 e. The number of alkyl halides is 9. The molecule has 0 N–H and O–H groups in total. The molecule has 0 bridgehead atoms. The van der Waals surface area contributed by atoms with Crippen LogP contribution < -0.4 is 0 Å². The molecule has 0 radical (unpaired) electrons. The maximum absolute atomic E-state index is 12.8. The van der Waals surface area contributed by atoms with Crippen LogP contribution in [0.15, 0.2) is 12.7 Å². The van der Waals surface area contributed by atoms with Crippen molar-refractivity contribution in [3.63, 3.8) is 0 Å². The molecule has 0 aliphatic heterocycles. The lowest BCUT2D eigenvalue weighted by Crippen LogP contribution is -2.61. The van der Waals surface area contributed by atoms with Crippen molar-refractivity contribution < 1.29 is 49.0 Å². The van der Waals surface area contributed by atoms with Gasteiger partial charge in [-0.15, -0.1) is 0 Å². The van der Waals surface area contributed by atoms with E-state index in [1.54, 1.807) is 0 Å². The van der Waals surface area contributed by atoms with Gasteiger partial charge < -0.3 is 4.74 Å². The van der Waals surface area contributed by atoms with Gasteiger partial charge in [0.2, 0.25) is 0 Å². The molecular formula is C10H11F9O2. The molecule has 0 saturated carbocycles. The minimum atomic E-state index is -6.94. The lowest BCUT2D eigenvalue weighted by molar-refractivity contribution is -0.397. The second-order valence-electron chi connectivity index (χ2n) is 3.47. The lowest BCUT2D eigenvalue weighted by Gasteiger charge is -2.33. The van der Waals surface area contributed by atoms with E-state index in [2.05, 4.69) is 11.3 Å². The molecule has 0 aromatic heterocycles. The summed E-state index contributed by atoms with van der Waals surface area (Å²) in [7, 11) is 0. The summed E-state index contributed by atoms with van der Waals surface area (Å²) in [5.74, 6) is -20.7. The minimum Gasteiger partial charge on any atom is -0.462 e. The Hall–Kier alpha value is -1.42. The number of halogens is 9. The third kappa shape index (κ3) is 4.27. The molecule has 0 atom stereocenters. The SMILES string of the molecule is C.C=CC(=O)OCCC(F)(F)C(F)(F)C(F)(F)C(F)(F)F. The Morgan fingerprint density at radius 2 is 1.38 bits per heavy atom. The first kappa shape index (κ1) is 21.9. The second-order valence-corrected chi connectivity index (χ2v) is 3.47. The van der Waals surface area contributed by atoms with Gasteiger partial charge in [-0.25, -0.2) is 4.79 Å². The fourth-order valence-electron chi connectivity index (χ4n) is 0.903. The summed E-state index contributed by atoms with van der Waals surface area (Å²) in [6, 6.07) is 0. The van der Waals surface area contributed by atoms with E-state index in [1.165, 1.54) is 0 Å². The van der Waals surface area contributed by atoms with E-state index in [1.807, 2.05) is 0 Å². The quantitative estimate of drug-likeness (QED) is 0.413. The highest BCUT2D eigenvalue weighted by Gasteiger charge is 2.81. The zero-order valence-corrected chi connectivity index (χ0v) is 9.42. The molecule has 0 aliphatic rings. The fourth-order valence-corrected chi connectivity index (χ4v) is 0.903. The van der Waals surface area contributed by atoms with Crippen molar-refractivity contribution in [2.75, 3.05) is 6.61 Å². The summed E-state index contributed by atoms with van der Waals surface area (Å²) >= 11 is 0. The van der Waals surface area contributed by atoms with Gasteiger partial charge in [0.1, 0.15) is 0 Å². The minimum absolute atomic E-state index is 0. The van der Waals surface area contributed by atoms with Crippen LogP contribution in [0.5, 0.6) is 0 Å². The zero-order valence-electron chi connectivity index (χ0n) is 9.42. The van der Waals surface area contributed by atoms with Crippen LogP contribution in [0, 0.1) is 0 Å². The Labute approximate surface area is 113 Å². The molecule has 0 aromatic rings. The van der Waals surface area contributed by atoms with Crippen LogP contribution in [0.3, 0.4) is 0 Å². The Kier molecular flexibility index (Phi) is 6.83. The Bertz CT molecular complexity index is 373. The van der Waals surface area contributed by atoms with Gasteiger partial charge in [-0.2, -0.15) is 39.5 Å². The monoisotopic (exact) mass is 334 g/mol. The number of rotatable bonds is 6. The molecule has 2 nitrogen and oxygen atoms in total. The number of hydrogen-bond donors (Lipinski definition) is 0. The molecule has 0 aliphatic carbocycles. The Morgan fingerprint density at radius 1 is 0.952 bits per heavy atom. The van der Waals surface area contributed by atoms with Crippen LogP contribution in [0.1, 0.15) is 13.8 Å². The number of ether oxygens (including phenoxy) is 1. The molecule has 0 heterocycles. The van der Waals surface area contributed by atoms with Gasteiger partial charge in [0.15, 0.2) is 0 Å². The van der Waals surface area contributed by atoms with Crippen molar-refractivity contribution in [3.05, 3.63) is 12.7 Å². The number of esters is 1. The van der Waals surface area contributed by atoms with Gasteiger partial charge in [0.25, 0.3) is 0 Å². The molecular weight excluding hydrogens is 323 g/mol. The van der Waals surface area contributed by atoms with Crippen LogP contribution in [0.2, 0.25) is 0 Å². The summed E-state index contributed by atoms with van der Waals surface area (Å²) in [4.78, 5) is 10.4. The summed E-state index contributed by atoms with van der Waals surface area (Å²) in [6.45, 7) is 1.33. The zero-order chi connectivity index (χ0) is 16.4. The fraction of sp³-hybridized carbons (Fsp3) is 0.700. The van der Waals surface area contributed by atoms with E-state index >= 15 is 0 Å². The van der Waals surface area contributed by atoms with Crippen LogP contribution >= 0.6 is 0 Å². The third-order valence-electron chi connectivity index (χ3n) is 2.04. The average Bonchev–Trinajstić information content (AvgIpc) is 2.26. The number of carbonyl (C=O) groups is 1. The average molecular weight is 334 g/mol. The van der Waals surface area contributed by atoms with Crippen molar-refractivity contribution in [2.24, 2.45) is 0 Å². The molecule has 0 unspecified atom stereocenters. The maximum Gasteiger partial charge on any atom is 0.460 e. The summed E-state index contributed by atoms with van der Waals surface area (Å²) in [6.07, 6.45) is -8.62. The van der Waals surface area contributed by atoms with Gasteiger partial charge in [0.05, 0.1) is 13.0 Å². The van der Waals surface area contributed by atoms with Crippen LogP contribution in [-0.2, 0) is 9.53 Å². The predicted molar refractivity (Wildman–Crippen MR) is 53.4 cm³/mol. The van der Waals surface area contributed by atoms with E-state index in [4.69, 9.17) is 0 Å². The highest BCUT2D eigenvalue weighted by atomic mass is 19.4. The number of hydrogen-bond acceptors (Lipinski definition) is 2. The van der Waals surface area contributed by atoms with E-state index in [9.17, 15) is 44.3 Å². The van der Waals surface area contributed by atoms with Crippen LogP contribution in [0.25, 0.3) is 0 Å². The van der Waals surface area contributed by atoms with Gasteiger partial charge in [-0.05, 0) is 0 Å². The van der Waals surface area contributed by atoms with Crippen molar-refractivity contribution in [1.82, 2.24) is 0 Å². The van der Waals surface area contributed by atoms with E-state index in [0.717, 1.165) is 0 Å². The highest BCUT2D eigenvalue weighted by molar-refractivity contribution is 5.81. The van der Waals surface area contributed by atoms with Crippen molar-refractivity contribution >= 4 is 5.97 Å². The smallest absolute Gasteiger partial charge is 0.460 e. The van der Waals surface area contributed by atoms with Crippen molar-refractivity contribution in [2.45, 2.75) is 37.8 Å². The standard InChI is InChI=1S/C9H7F9O2.CH4/c1-2-5(19)20-4-3-6(10,11)7(12,13)8(14,15)9(16,17)18;/h2H,1,3-4H2;1H4. The molecule has 0 fully saturated rings. The Balaban J connectivity index is 0. The topological polar surface area (TPSA) is 26.3 Å². The van der Waals surface area contributed by atoms with Gasteiger partial charge in [-0.1, -0.05) is 14.0 Å². The maximum atomic E-state index is 12.8.